The summed E-state index contributed by atoms with van der Waals surface area (Å²) in [5.74, 6) is 1.32. The molecule has 4 aliphatic rings. The van der Waals surface area contributed by atoms with Gasteiger partial charge in [0.25, 0.3) is 5.91 Å². The Morgan fingerprint density at radius 1 is 0.556 bits per heavy atom. The molecule has 6 N–H and O–H groups in total. The van der Waals surface area contributed by atoms with Gasteiger partial charge in [-0.25, -0.2) is 9.59 Å². The molecular weight excluding hydrogens is 965 g/mol. The van der Waals surface area contributed by atoms with E-state index in [2.05, 4.69) is 31.9 Å². The molecule has 5 rings (SSSR count). The number of rotatable bonds is 37. The number of urea groups is 2. The molecule has 4 saturated heterocycles. The summed E-state index contributed by atoms with van der Waals surface area (Å²) >= 11 is 3.74. The monoisotopic (exact) mass is 1040 g/mol. The van der Waals surface area contributed by atoms with E-state index in [1.165, 1.54) is 0 Å². The van der Waals surface area contributed by atoms with Crippen LogP contribution in [0.25, 0.3) is 0 Å². The predicted molar refractivity (Wildman–Crippen MR) is 277 cm³/mol. The van der Waals surface area contributed by atoms with Gasteiger partial charge in [0.2, 0.25) is 5.91 Å². The highest BCUT2D eigenvalue weighted by atomic mass is 32.2. The second kappa shape index (κ2) is 31.5. The van der Waals surface area contributed by atoms with Gasteiger partial charge in [-0.05, 0) is 89.0 Å². The van der Waals surface area contributed by atoms with Gasteiger partial charge in [0.15, 0.2) is 0 Å². The average Bonchev–Trinajstić information content (AvgIpc) is 4.09. The molecule has 20 heteroatoms. The maximum absolute atomic E-state index is 13.4. The lowest BCUT2D eigenvalue weighted by atomic mass is 9.96. The zero-order valence-corrected chi connectivity index (χ0v) is 44.3. The Balaban J connectivity index is 0.973. The van der Waals surface area contributed by atoms with Crippen LogP contribution in [0.3, 0.4) is 0 Å². The number of benzene rings is 1. The van der Waals surface area contributed by atoms with Crippen LogP contribution in [0.2, 0.25) is 0 Å². The van der Waals surface area contributed by atoms with Gasteiger partial charge in [0.05, 0.1) is 70.2 Å². The number of carbonyl (C=O) groups is 8. The number of nitrogens with one attached hydrogen (secondary N) is 6. The van der Waals surface area contributed by atoms with Crippen LogP contribution < -0.4 is 31.9 Å². The first-order valence-electron chi connectivity index (χ1n) is 26.2. The second-order valence-corrected chi connectivity index (χ2v) is 22.7. The lowest BCUT2D eigenvalue weighted by Crippen LogP contribution is -2.36. The van der Waals surface area contributed by atoms with Crippen LogP contribution in [0.4, 0.5) is 9.59 Å². The fourth-order valence-corrected chi connectivity index (χ4v) is 12.4. The molecule has 4 fully saturated rings. The van der Waals surface area contributed by atoms with Crippen molar-refractivity contribution in [1.29, 1.82) is 0 Å². The molecule has 6 unspecified atom stereocenters. The van der Waals surface area contributed by atoms with E-state index in [-0.39, 0.29) is 117 Å². The number of ketones is 3. The van der Waals surface area contributed by atoms with Crippen LogP contribution in [-0.2, 0) is 55.8 Å². The lowest BCUT2D eigenvalue weighted by Gasteiger charge is -2.19. The lowest BCUT2D eigenvalue weighted by molar-refractivity contribution is -0.156. The molecule has 0 radical (unpaired) electrons. The summed E-state index contributed by atoms with van der Waals surface area (Å²) < 4.78 is 21.8. The third-order valence-corrected chi connectivity index (χ3v) is 15.9. The van der Waals surface area contributed by atoms with Crippen molar-refractivity contribution < 1.29 is 57.3 Å². The number of carbonyl (C=O) groups excluding carboxylic acids is 8. The minimum atomic E-state index is -0.533. The topological polar surface area (TPSA) is 246 Å². The predicted octanol–water partition coefficient (Wildman–Crippen LogP) is 5.29. The molecule has 18 nitrogen and oxygen atoms in total. The summed E-state index contributed by atoms with van der Waals surface area (Å²) in [6, 6.07) is 5.72. The second-order valence-electron chi connectivity index (χ2n) is 20.2. The highest BCUT2D eigenvalue weighted by Gasteiger charge is 2.43. The van der Waals surface area contributed by atoms with E-state index in [9.17, 15) is 38.4 Å². The molecule has 0 bridgehead atoms. The van der Waals surface area contributed by atoms with Crippen molar-refractivity contribution in [2.45, 2.75) is 177 Å². The summed E-state index contributed by atoms with van der Waals surface area (Å²) in [7, 11) is 0. The molecule has 402 valence electrons. The van der Waals surface area contributed by atoms with Gasteiger partial charge >= 0.3 is 18.0 Å². The maximum atomic E-state index is 13.4. The van der Waals surface area contributed by atoms with Gasteiger partial charge in [0.1, 0.15) is 23.0 Å². The SMILES string of the molecule is CC(C)(C)OC(=O)CCOCCOCCOCCNC(=O)c1cc(CC(=O)CCCCCC(=O)CCCCC2SCC3NC(=O)NC32)cc(CC(=O)CCCNC(=O)CCCCC2SCC3NC(=O)NC32)c1. The van der Waals surface area contributed by atoms with Crippen LogP contribution >= 0.6 is 23.5 Å². The largest absolute Gasteiger partial charge is 0.460 e. The average molecular weight is 1050 g/mol. The van der Waals surface area contributed by atoms with Crippen LogP contribution in [0, 0.1) is 0 Å². The van der Waals surface area contributed by atoms with E-state index in [4.69, 9.17) is 18.9 Å². The number of ether oxygens (including phenoxy) is 4. The molecule has 4 aliphatic heterocycles. The molecule has 6 amide bonds. The summed E-state index contributed by atoms with van der Waals surface area (Å²) in [6.07, 6.45) is 10.4. The Kier molecular flexibility index (Phi) is 25.6. The Bertz CT molecular complexity index is 1970. The van der Waals surface area contributed by atoms with Crippen molar-refractivity contribution in [1.82, 2.24) is 31.9 Å². The van der Waals surface area contributed by atoms with Crippen molar-refractivity contribution >= 4 is 70.7 Å². The quantitative estimate of drug-likeness (QED) is 0.0282. The maximum Gasteiger partial charge on any atom is 0.315 e. The number of esters is 1. The van der Waals surface area contributed by atoms with Gasteiger partial charge in [-0.3, -0.25) is 28.8 Å². The molecule has 1 aromatic carbocycles. The molecule has 0 saturated carbocycles. The number of Topliss-reactive ketones (excluding diaryl/α,β-unsaturated/α-hetero) is 3. The Labute approximate surface area is 433 Å². The number of amides is 6. The molecule has 4 heterocycles. The van der Waals surface area contributed by atoms with Crippen molar-refractivity contribution in [3.8, 4) is 0 Å². The normalized spacial score (nSPS) is 21.0. The first kappa shape index (κ1) is 58.6. The minimum Gasteiger partial charge on any atom is -0.460 e. The zero-order valence-electron chi connectivity index (χ0n) is 42.7. The smallest absolute Gasteiger partial charge is 0.315 e. The standard InChI is InChI=1S/C52H80N6O12S2/c1-52(2,3)70-46(63)19-22-67-24-26-69-27-25-68-23-21-54-49(64)37-29-35(31-39(60)14-6-4-5-12-38(59)13-7-8-16-43-47-41(33-71-43)55-50(65)57-47)28-36(30-37)32-40(61)15-11-20-53-45(62)18-10-9-17-44-48-42(34-72-44)56-51(66)58-48/h28-30,41-44,47-48H,4-27,31-34H2,1-3H3,(H,53,62)(H,54,64)(H2,55,57,65)(H2,56,58,66). The molecule has 72 heavy (non-hydrogen) atoms. The molecule has 0 spiro atoms. The van der Waals surface area contributed by atoms with E-state index in [1.807, 2.05) is 50.4 Å². The first-order chi connectivity index (χ1) is 34.6. The number of hydrogen-bond donors (Lipinski definition) is 6. The summed E-state index contributed by atoms with van der Waals surface area (Å²) in [5, 5.41) is 18.5. The van der Waals surface area contributed by atoms with Gasteiger partial charge in [-0.1, -0.05) is 25.3 Å². The van der Waals surface area contributed by atoms with E-state index in [0.29, 0.717) is 98.7 Å². The van der Waals surface area contributed by atoms with E-state index < -0.39 is 5.60 Å². The van der Waals surface area contributed by atoms with Crippen molar-refractivity contribution in [2.24, 2.45) is 0 Å². The van der Waals surface area contributed by atoms with E-state index in [0.717, 1.165) is 62.9 Å². The fraction of sp³-hybridized carbons (Fsp3) is 0.731. The highest BCUT2D eigenvalue weighted by Crippen LogP contribution is 2.34. The number of fused-ring (bicyclic) bond motifs is 2. The van der Waals surface area contributed by atoms with Crippen molar-refractivity contribution in [3.63, 3.8) is 0 Å². The summed E-state index contributed by atoms with van der Waals surface area (Å²) in [5.41, 5.74) is 1.09. The first-order valence-corrected chi connectivity index (χ1v) is 28.3. The number of hydrogen-bond acceptors (Lipinski definition) is 14. The summed E-state index contributed by atoms with van der Waals surface area (Å²) in [4.78, 5) is 99.9. The van der Waals surface area contributed by atoms with Crippen LogP contribution in [0.15, 0.2) is 18.2 Å². The minimum absolute atomic E-state index is 0.0150. The van der Waals surface area contributed by atoms with Crippen LogP contribution in [-0.4, -0.2) is 152 Å². The molecule has 0 aromatic heterocycles. The Morgan fingerprint density at radius 3 is 1.62 bits per heavy atom. The van der Waals surface area contributed by atoms with Crippen LogP contribution in [0.1, 0.15) is 145 Å². The van der Waals surface area contributed by atoms with Gasteiger partial charge in [0, 0.05) is 85.6 Å². The Hall–Kier alpha value is -4.24. The summed E-state index contributed by atoms with van der Waals surface area (Å²) in [6.45, 7) is 7.84. The molecular formula is C52H80N6O12S2. The zero-order chi connectivity index (χ0) is 51.7. The van der Waals surface area contributed by atoms with Crippen LogP contribution in [0.5, 0.6) is 0 Å². The molecule has 1 aromatic rings. The van der Waals surface area contributed by atoms with Gasteiger partial charge in [-0.2, -0.15) is 23.5 Å². The van der Waals surface area contributed by atoms with Crippen molar-refractivity contribution in [3.05, 3.63) is 34.9 Å². The van der Waals surface area contributed by atoms with E-state index >= 15 is 0 Å². The third kappa shape index (κ3) is 22.5. The fourth-order valence-electron chi connectivity index (χ4n) is 9.29. The van der Waals surface area contributed by atoms with Crippen molar-refractivity contribution in [2.75, 3.05) is 64.2 Å². The number of unbranched alkanes of at least 4 members (excludes halogenated alkanes) is 4. The van der Waals surface area contributed by atoms with Gasteiger partial charge < -0.3 is 50.8 Å². The van der Waals surface area contributed by atoms with E-state index in [1.54, 1.807) is 12.1 Å². The molecule has 0 aliphatic carbocycles. The van der Waals surface area contributed by atoms with Gasteiger partial charge in [-0.15, -0.1) is 0 Å². The number of thioether (sulfide) groups is 2. The Morgan fingerprint density at radius 2 is 1.06 bits per heavy atom. The molecule has 6 atom stereocenters. The highest BCUT2D eigenvalue weighted by molar-refractivity contribution is 8.00. The third-order valence-electron chi connectivity index (χ3n) is 12.8.